The topological polar surface area (TPSA) is 63.8 Å². The van der Waals surface area contributed by atoms with Crippen molar-refractivity contribution in [2.45, 2.75) is 44.2 Å². The zero-order valence-electron chi connectivity index (χ0n) is 11.0. The van der Waals surface area contributed by atoms with Gasteiger partial charge in [-0.3, -0.25) is 0 Å². The fraction of sp³-hybridized carbons (Fsp3) is 0.467. The lowest BCUT2D eigenvalue weighted by atomic mass is 10.0. The summed E-state index contributed by atoms with van der Waals surface area (Å²) < 4.78 is 0. The molecule has 0 spiro atoms. The molecule has 0 amide bonds. The predicted molar refractivity (Wildman–Crippen MR) is 78.0 cm³/mol. The molecular formula is C15H20N4. The molecule has 2 atom stereocenters. The smallest absolute Gasteiger partial charge is 0.137 e. The van der Waals surface area contributed by atoms with Gasteiger partial charge < -0.3 is 11.1 Å². The number of rotatable bonds is 2. The number of nitrogens with two attached hydrogens (primary N) is 1. The van der Waals surface area contributed by atoms with Crippen molar-refractivity contribution in [1.29, 1.82) is 0 Å². The first-order chi connectivity index (χ1) is 9.34. The summed E-state index contributed by atoms with van der Waals surface area (Å²) in [5.74, 6) is 0.910. The van der Waals surface area contributed by atoms with E-state index in [-0.39, 0.29) is 6.04 Å². The minimum absolute atomic E-state index is 0.219. The van der Waals surface area contributed by atoms with Crippen LogP contribution in [0.2, 0.25) is 0 Å². The number of hydrogen-bond acceptors (Lipinski definition) is 4. The van der Waals surface area contributed by atoms with Crippen LogP contribution in [-0.2, 0) is 0 Å². The second kappa shape index (κ2) is 5.53. The van der Waals surface area contributed by atoms with Crippen LogP contribution < -0.4 is 11.1 Å². The molecule has 3 N–H and O–H groups in total. The highest BCUT2D eigenvalue weighted by molar-refractivity contribution is 5.88. The molecule has 1 aliphatic carbocycles. The Morgan fingerprint density at radius 1 is 1.05 bits per heavy atom. The minimum atomic E-state index is 0.219. The Balaban J connectivity index is 1.88. The number of fused-ring (bicyclic) bond motifs is 1. The minimum Gasteiger partial charge on any atom is -0.365 e. The Hall–Kier alpha value is -1.68. The molecule has 4 nitrogen and oxygen atoms in total. The third-order valence-corrected chi connectivity index (χ3v) is 3.93. The molecule has 2 aromatic rings. The second-order valence-electron chi connectivity index (χ2n) is 5.29. The molecule has 1 aromatic carbocycles. The van der Waals surface area contributed by atoms with Crippen molar-refractivity contribution in [3.8, 4) is 0 Å². The Morgan fingerprint density at radius 3 is 2.84 bits per heavy atom. The van der Waals surface area contributed by atoms with Crippen LogP contribution in [0.25, 0.3) is 10.9 Å². The van der Waals surface area contributed by atoms with E-state index in [9.17, 15) is 0 Å². The molecule has 4 heteroatoms. The largest absolute Gasteiger partial charge is 0.365 e. The summed E-state index contributed by atoms with van der Waals surface area (Å²) >= 11 is 0. The van der Waals surface area contributed by atoms with Gasteiger partial charge in [0.15, 0.2) is 0 Å². The number of hydrogen-bond donors (Lipinski definition) is 2. The van der Waals surface area contributed by atoms with Crippen molar-refractivity contribution < 1.29 is 0 Å². The average Bonchev–Trinajstić information content (AvgIpc) is 2.65. The van der Waals surface area contributed by atoms with Crippen LogP contribution in [-0.4, -0.2) is 22.1 Å². The molecule has 19 heavy (non-hydrogen) atoms. The van der Waals surface area contributed by atoms with Gasteiger partial charge in [-0.15, -0.1) is 0 Å². The summed E-state index contributed by atoms with van der Waals surface area (Å²) in [5, 5.41) is 4.61. The maximum Gasteiger partial charge on any atom is 0.137 e. The summed E-state index contributed by atoms with van der Waals surface area (Å²) in [7, 11) is 0. The SMILES string of the molecule is NC1CCCCCC1Nc1ncnc2ccccc12. The summed E-state index contributed by atoms with van der Waals surface area (Å²) in [5.41, 5.74) is 7.24. The molecule has 1 saturated carbocycles. The van der Waals surface area contributed by atoms with Crippen molar-refractivity contribution in [2.24, 2.45) is 5.73 Å². The zero-order valence-corrected chi connectivity index (χ0v) is 11.0. The maximum atomic E-state index is 6.26. The molecule has 0 radical (unpaired) electrons. The van der Waals surface area contributed by atoms with Crippen LogP contribution in [0.5, 0.6) is 0 Å². The molecule has 1 heterocycles. The normalized spacial score (nSPS) is 24.1. The molecule has 0 aliphatic heterocycles. The van der Waals surface area contributed by atoms with Crippen molar-refractivity contribution >= 4 is 16.7 Å². The molecule has 1 fully saturated rings. The van der Waals surface area contributed by atoms with Crippen molar-refractivity contribution in [2.75, 3.05) is 5.32 Å². The molecule has 0 saturated heterocycles. The lowest BCUT2D eigenvalue weighted by molar-refractivity contribution is 0.527. The van der Waals surface area contributed by atoms with Crippen molar-refractivity contribution in [3.05, 3.63) is 30.6 Å². The number of benzene rings is 1. The highest BCUT2D eigenvalue weighted by Gasteiger charge is 2.21. The molecule has 2 unspecified atom stereocenters. The lowest BCUT2D eigenvalue weighted by Gasteiger charge is -2.23. The number of para-hydroxylation sites is 1. The highest BCUT2D eigenvalue weighted by Crippen LogP contribution is 2.23. The van der Waals surface area contributed by atoms with Crippen LogP contribution in [0.3, 0.4) is 0 Å². The molecule has 1 aliphatic rings. The Morgan fingerprint density at radius 2 is 1.89 bits per heavy atom. The van der Waals surface area contributed by atoms with Gasteiger partial charge in [-0.1, -0.05) is 31.4 Å². The van der Waals surface area contributed by atoms with E-state index < -0.39 is 0 Å². The van der Waals surface area contributed by atoms with Crippen LogP contribution in [0.1, 0.15) is 32.1 Å². The first kappa shape index (κ1) is 12.4. The molecule has 100 valence electrons. The molecule has 0 bridgehead atoms. The first-order valence-electron chi connectivity index (χ1n) is 7.06. The summed E-state index contributed by atoms with van der Waals surface area (Å²) in [6, 6.07) is 8.62. The third-order valence-electron chi connectivity index (χ3n) is 3.93. The van der Waals surface area contributed by atoms with E-state index in [1.165, 1.54) is 19.3 Å². The lowest BCUT2D eigenvalue weighted by Crippen LogP contribution is -2.39. The van der Waals surface area contributed by atoms with E-state index in [1.54, 1.807) is 6.33 Å². The fourth-order valence-electron chi connectivity index (χ4n) is 2.81. The second-order valence-corrected chi connectivity index (χ2v) is 5.29. The Kier molecular flexibility index (Phi) is 3.60. The zero-order chi connectivity index (χ0) is 13.1. The third kappa shape index (κ3) is 2.68. The number of aromatic nitrogens is 2. The predicted octanol–water partition coefficient (Wildman–Crippen LogP) is 2.70. The molecule has 3 rings (SSSR count). The number of anilines is 1. The molecule has 1 aromatic heterocycles. The summed E-state index contributed by atoms with van der Waals surface area (Å²) in [6.45, 7) is 0. The number of nitrogens with zero attached hydrogens (tertiary/aromatic N) is 2. The van der Waals surface area contributed by atoms with Crippen molar-refractivity contribution in [3.63, 3.8) is 0 Å². The summed E-state index contributed by atoms with van der Waals surface area (Å²) in [4.78, 5) is 8.68. The van der Waals surface area contributed by atoms with Crippen molar-refractivity contribution in [1.82, 2.24) is 9.97 Å². The van der Waals surface area contributed by atoms with E-state index >= 15 is 0 Å². The first-order valence-corrected chi connectivity index (χ1v) is 7.06. The van der Waals surface area contributed by atoms with Gasteiger partial charge in [0.1, 0.15) is 12.1 Å². The standard InChI is InChI=1S/C15H20N4/c16-12-7-2-1-3-9-14(12)19-15-11-6-4-5-8-13(11)17-10-18-15/h4-6,8,10,12,14H,1-3,7,9,16H2,(H,17,18,19). The van der Waals surface area contributed by atoms with E-state index in [4.69, 9.17) is 5.73 Å². The van der Waals surface area contributed by atoms with Gasteiger partial charge in [0.25, 0.3) is 0 Å². The van der Waals surface area contributed by atoms with E-state index in [1.807, 2.05) is 18.2 Å². The van der Waals surface area contributed by atoms with E-state index in [0.29, 0.717) is 6.04 Å². The van der Waals surface area contributed by atoms with Gasteiger partial charge in [-0.05, 0) is 25.0 Å². The van der Waals surface area contributed by atoms with Gasteiger partial charge in [0.05, 0.1) is 5.52 Å². The van der Waals surface area contributed by atoms with Crippen LogP contribution in [0.15, 0.2) is 30.6 Å². The van der Waals surface area contributed by atoms with Gasteiger partial charge in [-0.2, -0.15) is 0 Å². The van der Waals surface area contributed by atoms with Gasteiger partial charge >= 0.3 is 0 Å². The van der Waals surface area contributed by atoms with Crippen LogP contribution in [0, 0.1) is 0 Å². The Labute approximate surface area is 113 Å². The fourth-order valence-corrected chi connectivity index (χ4v) is 2.81. The monoisotopic (exact) mass is 256 g/mol. The average molecular weight is 256 g/mol. The highest BCUT2D eigenvalue weighted by atomic mass is 15.1. The van der Waals surface area contributed by atoms with Gasteiger partial charge in [0, 0.05) is 17.5 Å². The quantitative estimate of drug-likeness (QED) is 0.811. The maximum absolute atomic E-state index is 6.26. The van der Waals surface area contributed by atoms with E-state index in [2.05, 4.69) is 21.4 Å². The summed E-state index contributed by atoms with van der Waals surface area (Å²) in [6.07, 6.45) is 7.61. The number of nitrogens with one attached hydrogen (secondary N) is 1. The van der Waals surface area contributed by atoms with Crippen LogP contribution in [0.4, 0.5) is 5.82 Å². The van der Waals surface area contributed by atoms with Crippen LogP contribution >= 0.6 is 0 Å². The Bertz CT molecular complexity index is 549. The van der Waals surface area contributed by atoms with E-state index in [0.717, 1.165) is 29.6 Å². The molecular weight excluding hydrogens is 236 g/mol. The van der Waals surface area contributed by atoms with Gasteiger partial charge in [0.2, 0.25) is 0 Å². The van der Waals surface area contributed by atoms with Gasteiger partial charge in [-0.25, -0.2) is 9.97 Å².